The summed E-state index contributed by atoms with van der Waals surface area (Å²) in [4.78, 5) is 12.4. The van der Waals surface area contributed by atoms with Gasteiger partial charge in [0.2, 0.25) is 6.41 Å². The fourth-order valence-corrected chi connectivity index (χ4v) is 2.05. The molecule has 0 atom stereocenters. The summed E-state index contributed by atoms with van der Waals surface area (Å²) in [6.07, 6.45) is 1.89. The van der Waals surface area contributed by atoms with Gasteiger partial charge in [0.25, 0.3) is 0 Å². The summed E-state index contributed by atoms with van der Waals surface area (Å²) >= 11 is 3.43. The Morgan fingerprint density at radius 3 is 3.00 bits per heavy atom. The van der Waals surface area contributed by atoms with Gasteiger partial charge in [0, 0.05) is 17.6 Å². The van der Waals surface area contributed by atoms with Crippen LogP contribution in [-0.4, -0.2) is 17.9 Å². The quantitative estimate of drug-likeness (QED) is 0.687. The minimum absolute atomic E-state index is 0.748. The highest BCUT2D eigenvalue weighted by atomic mass is 79.9. The van der Waals surface area contributed by atoms with E-state index in [4.69, 9.17) is 0 Å². The lowest BCUT2D eigenvalue weighted by atomic mass is 10.0. The Morgan fingerprint density at radius 2 is 2.23 bits per heavy atom. The molecule has 1 aliphatic rings. The zero-order valence-electron chi connectivity index (χ0n) is 7.16. The van der Waals surface area contributed by atoms with E-state index in [1.165, 1.54) is 11.1 Å². The number of carbonyl (C=O) groups excluding carboxylic acids is 1. The molecule has 1 amide bonds. The van der Waals surface area contributed by atoms with E-state index < -0.39 is 0 Å². The molecule has 0 aliphatic carbocycles. The summed E-state index contributed by atoms with van der Waals surface area (Å²) in [6, 6.07) is 6.27. The summed E-state index contributed by atoms with van der Waals surface area (Å²) < 4.78 is 1.08. The normalized spacial score (nSPS) is 15.3. The molecule has 0 saturated heterocycles. The van der Waals surface area contributed by atoms with Crippen molar-refractivity contribution in [1.82, 2.24) is 4.90 Å². The van der Waals surface area contributed by atoms with Gasteiger partial charge in [-0.2, -0.15) is 0 Å². The van der Waals surface area contributed by atoms with Gasteiger partial charge in [0.05, 0.1) is 0 Å². The summed E-state index contributed by atoms with van der Waals surface area (Å²) in [6.45, 7) is 1.59. The molecule has 2 nitrogen and oxygen atoms in total. The first-order chi connectivity index (χ1) is 6.29. The van der Waals surface area contributed by atoms with Crippen molar-refractivity contribution in [3.05, 3.63) is 33.8 Å². The zero-order chi connectivity index (χ0) is 9.26. The lowest BCUT2D eigenvalue weighted by molar-refractivity contribution is -0.118. The molecule has 0 unspecified atom stereocenters. The van der Waals surface area contributed by atoms with E-state index in [1.807, 2.05) is 0 Å². The number of amides is 1. The number of hydrogen-bond donors (Lipinski definition) is 0. The van der Waals surface area contributed by atoms with E-state index in [0.717, 1.165) is 30.4 Å². The molecular weight excluding hydrogens is 230 g/mol. The van der Waals surface area contributed by atoms with Gasteiger partial charge < -0.3 is 4.90 Å². The number of halogens is 1. The van der Waals surface area contributed by atoms with Crippen LogP contribution in [0, 0.1) is 0 Å². The molecule has 0 aromatic heterocycles. The molecule has 0 bridgehead atoms. The highest BCUT2D eigenvalue weighted by Crippen LogP contribution is 2.21. The number of fused-ring (bicyclic) bond motifs is 1. The Labute approximate surface area is 85.7 Å². The number of rotatable bonds is 1. The Balaban J connectivity index is 2.32. The van der Waals surface area contributed by atoms with Gasteiger partial charge in [-0.25, -0.2) is 0 Å². The van der Waals surface area contributed by atoms with Crippen LogP contribution < -0.4 is 0 Å². The fourth-order valence-electron chi connectivity index (χ4n) is 1.64. The zero-order valence-corrected chi connectivity index (χ0v) is 8.75. The molecule has 1 aromatic rings. The number of benzene rings is 1. The lowest BCUT2D eigenvalue weighted by Gasteiger charge is -2.25. The van der Waals surface area contributed by atoms with Gasteiger partial charge in [-0.05, 0) is 29.7 Å². The maximum Gasteiger partial charge on any atom is 0.210 e. The van der Waals surface area contributed by atoms with E-state index in [2.05, 4.69) is 34.1 Å². The van der Waals surface area contributed by atoms with Crippen LogP contribution in [0.1, 0.15) is 11.1 Å². The maximum atomic E-state index is 10.6. The average molecular weight is 240 g/mol. The van der Waals surface area contributed by atoms with Gasteiger partial charge >= 0.3 is 0 Å². The third kappa shape index (κ3) is 1.75. The Kier molecular flexibility index (Phi) is 2.36. The molecule has 1 aromatic carbocycles. The van der Waals surface area contributed by atoms with Crippen molar-refractivity contribution in [3.8, 4) is 0 Å². The predicted octanol–water partition coefficient (Wildman–Crippen LogP) is 1.96. The molecule has 1 aliphatic heterocycles. The van der Waals surface area contributed by atoms with Crippen LogP contribution in [0.5, 0.6) is 0 Å². The largest absolute Gasteiger partial charge is 0.341 e. The van der Waals surface area contributed by atoms with Crippen LogP contribution in [0.15, 0.2) is 22.7 Å². The first-order valence-electron chi connectivity index (χ1n) is 4.26. The highest BCUT2D eigenvalue weighted by Gasteiger charge is 2.13. The second kappa shape index (κ2) is 3.50. The van der Waals surface area contributed by atoms with Crippen LogP contribution in [0.4, 0.5) is 0 Å². The summed E-state index contributed by atoms with van der Waals surface area (Å²) in [5, 5.41) is 0. The van der Waals surface area contributed by atoms with Crippen LogP contribution in [0.25, 0.3) is 0 Å². The smallest absolute Gasteiger partial charge is 0.210 e. The van der Waals surface area contributed by atoms with Gasteiger partial charge in [-0.1, -0.05) is 22.0 Å². The van der Waals surface area contributed by atoms with Crippen molar-refractivity contribution in [2.45, 2.75) is 13.0 Å². The first kappa shape index (κ1) is 8.75. The van der Waals surface area contributed by atoms with Crippen molar-refractivity contribution in [2.75, 3.05) is 6.54 Å². The molecule has 1 heterocycles. The topological polar surface area (TPSA) is 20.3 Å². The number of carbonyl (C=O) groups is 1. The minimum atomic E-state index is 0.748. The van der Waals surface area contributed by atoms with Crippen molar-refractivity contribution in [3.63, 3.8) is 0 Å². The molecule has 0 spiro atoms. The third-order valence-corrected chi connectivity index (χ3v) is 2.85. The maximum absolute atomic E-state index is 10.6. The average Bonchev–Trinajstić information content (AvgIpc) is 2.16. The van der Waals surface area contributed by atoms with Crippen molar-refractivity contribution in [1.29, 1.82) is 0 Å². The van der Waals surface area contributed by atoms with Gasteiger partial charge in [-0.15, -0.1) is 0 Å². The van der Waals surface area contributed by atoms with Gasteiger partial charge in [0.15, 0.2) is 0 Å². The van der Waals surface area contributed by atoms with Crippen LogP contribution in [0.3, 0.4) is 0 Å². The van der Waals surface area contributed by atoms with Crippen molar-refractivity contribution < 1.29 is 4.79 Å². The highest BCUT2D eigenvalue weighted by molar-refractivity contribution is 9.10. The lowest BCUT2D eigenvalue weighted by Crippen LogP contribution is -2.28. The van der Waals surface area contributed by atoms with Crippen LogP contribution in [-0.2, 0) is 17.8 Å². The van der Waals surface area contributed by atoms with Crippen LogP contribution in [0.2, 0.25) is 0 Å². The van der Waals surface area contributed by atoms with Crippen LogP contribution >= 0.6 is 15.9 Å². The summed E-state index contributed by atoms with van der Waals surface area (Å²) in [5.41, 5.74) is 2.62. The standard InChI is InChI=1S/C10H10BrNO/c11-10-2-1-8-3-4-12(7-13)6-9(8)5-10/h1-2,5,7H,3-4,6H2. The van der Waals surface area contributed by atoms with E-state index >= 15 is 0 Å². The van der Waals surface area contributed by atoms with Gasteiger partial charge in [-0.3, -0.25) is 4.79 Å². The van der Waals surface area contributed by atoms with Gasteiger partial charge in [0.1, 0.15) is 0 Å². The van der Waals surface area contributed by atoms with E-state index in [9.17, 15) is 4.79 Å². The Hall–Kier alpha value is -0.830. The molecular formula is C10H10BrNO. The molecule has 0 N–H and O–H groups in total. The minimum Gasteiger partial charge on any atom is -0.341 e. The van der Waals surface area contributed by atoms with E-state index in [1.54, 1.807) is 4.90 Å². The summed E-state index contributed by atoms with van der Waals surface area (Å²) in [7, 11) is 0. The Bertz CT molecular complexity index is 338. The van der Waals surface area contributed by atoms with Crippen molar-refractivity contribution >= 4 is 22.3 Å². The SMILES string of the molecule is O=CN1CCc2ccc(Br)cc2C1. The van der Waals surface area contributed by atoms with E-state index in [0.29, 0.717) is 0 Å². The second-order valence-corrected chi connectivity index (χ2v) is 4.15. The van der Waals surface area contributed by atoms with Crippen molar-refractivity contribution in [2.24, 2.45) is 0 Å². The molecule has 0 saturated carbocycles. The monoisotopic (exact) mass is 239 g/mol. The Morgan fingerprint density at radius 1 is 1.38 bits per heavy atom. The third-order valence-electron chi connectivity index (χ3n) is 2.36. The molecule has 68 valence electrons. The molecule has 0 radical (unpaired) electrons. The first-order valence-corrected chi connectivity index (χ1v) is 5.05. The molecule has 0 fully saturated rings. The number of nitrogens with zero attached hydrogens (tertiary/aromatic N) is 1. The molecule has 2 rings (SSSR count). The molecule has 3 heteroatoms. The number of hydrogen-bond acceptors (Lipinski definition) is 1. The predicted molar refractivity (Wildman–Crippen MR) is 54.3 cm³/mol. The fraction of sp³-hybridized carbons (Fsp3) is 0.300. The van der Waals surface area contributed by atoms with E-state index in [-0.39, 0.29) is 0 Å². The summed E-state index contributed by atoms with van der Waals surface area (Å²) in [5.74, 6) is 0. The second-order valence-electron chi connectivity index (χ2n) is 3.24. The molecule has 13 heavy (non-hydrogen) atoms.